The summed E-state index contributed by atoms with van der Waals surface area (Å²) in [6.07, 6.45) is -0.852. The summed E-state index contributed by atoms with van der Waals surface area (Å²) in [7, 11) is 0. The molecule has 138 valence electrons. The molecule has 1 aromatic carbocycles. The van der Waals surface area contributed by atoms with Crippen molar-refractivity contribution in [3.63, 3.8) is 0 Å². The number of benzene rings is 1. The number of amides is 2. The Hall–Kier alpha value is -2.67. The fourth-order valence-corrected chi connectivity index (χ4v) is 3.12. The lowest BCUT2D eigenvalue weighted by molar-refractivity contribution is -0.161. The minimum atomic E-state index is -0.852. The maximum absolute atomic E-state index is 12.4. The Morgan fingerprint density at radius 2 is 1.88 bits per heavy atom. The second-order valence-corrected chi connectivity index (χ2v) is 6.27. The molecule has 1 aromatic rings. The largest absolute Gasteiger partial charge is 0.452 e. The SMILES string of the molecule is C=C1c2ccccc2C(=O)N1CCC(=O)OC(C)C(=O)N1CCOCC1. The number of esters is 1. The quantitative estimate of drug-likeness (QED) is 0.742. The molecule has 0 spiro atoms. The molecule has 0 saturated carbocycles. The lowest BCUT2D eigenvalue weighted by Crippen LogP contribution is -2.46. The standard InChI is InChI=1S/C19H22N2O5/c1-13-15-5-3-4-6-16(15)19(24)21(13)8-7-17(22)26-14(2)18(23)20-9-11-25-12-10-20/h3-6,14H,1,7-12H2,2H3. The first-order valence-corrected chi connectivity index (χ1v) is 8.65. The van der Waals surface area contributed by atoms with Crippen LogP contribution in [0.15, 0.2) is 30.8 Å². The Morgan fingerprint density at radius 3 is 2.54 bits per heavy atom. The van der Waals surface area contributed by atoms with Crippen molar-refractivity contribution in [3.8, 4) is 0 Å². The number of carbonyl (C=O) groups is 3. The number of hydrogen-bond acceptors (Lipinski definition) is 5. The van der Waals surface area contributed by atoms with Gasteiger partial charge in [0.25, 0.3) is 11.8 Å². The molecule has 2 aliphatic heterocycles. The monoisotopic (exact) mass is 358 g/mol. The molecule has 2 aliphatic rings. The average Bonchev–Trinajstić information content (AvgIpc) is 2.91. The second kappa shape index (κ2) is 7.70. The normalized spacial score (nSPS) is 17.9. The van der Waals surface area contributed by atoms with Gasteiger partial charge in [0.1, 0.15) is 0 Å². The predicted octanol–water partition coefficient (Wildman–Crippen LogP) is 1.29. The molecule has 0 radical (unpaired) electrons. The van der Waals surface area contributed by atoms with Crippen LogP contribution in [0.25, 0.3) is 5.70 Å². The zero-order chi connectivity index (χ0) is 18.7. The van der Waals surface area contributed by atoms with E-state index in [2.05, 4.69) is 6.58 Å². The van der Waals surface area contributed by atoms with Crippen molar-refractivity contribution in [2.24, 2.45) is 0 Å². The molecular weight excluding hydrogens is 336 g/mol. The van der Waals surface area contributed by atoms with Gasteiger partial charge in [-0.25, -0.2) is 0 Å². The van der Waals surface area contributed by atoms with Gasteiger partial charge in [0, 0.05) is 36.5 Å². The summed E-state index contributed by atoms with van der Waals surface area (Å²) in [6, 6.07) is 7.20. The zero-order valence-electron chi connectivity index (χ0n) is 14.8. The van der Waals surface area contributed by atoms with E-state index in [1.54, 1.807) is 24.0 Å². The molecule has 0 aromatic heterocycles. The van der Waals surface area contributed by atoms with Crippen LogP contribution >= 0.6 is 0 Å². The fraction of sp³-hybridized carbons (Fsp3) is 0.421. The Morgan fingerprint density at radius 1 is 1.23 bits per heavy atom. The molecule has 1 saturated heterocycles. The summed E-state index contributed by atoms with van der Waals surface area (Å²) in [5, 5.41) is 0. The van der Waals surface area contributed by atoms with E-state index in [9.17, 15) is 14.4 Å². The summed E-state index contributed by atoms with van der Waals surface area (Å²) in [6.45, 7) is 7.65. The molecule has 1 unspecified atom stereocenters. The van der Waals surface area contributed by atoms with E-state index in [1.165, 1.54) is 4.90 Å². The number of fused-ring (bicyclic) bond motifs is 1. The first-order chi connectivity index (χ1) is 12.5. The Bertz CT molecular complexity index is 704. The minimum absolute atomic E-state index is 0.000516. The van der Waals surface area contributed by atoms with Crippen molar-refractivity contribution >= 4 is 23.5 Å². The predicted molar refractivity (Wildman–Crippen MR) is 94.1 cm³/mol. The average molecular weight is 358 g/mol. The highest BCUT2D eigenvalue weighted by Gasteiger charge is 2.31. The molecule has 7 nitrogen and oxygen atoms in total. The highest BCUT2D eigenvalue weighted by Crippen LogP contribution is 2.31. The third-order valence-corrected chi connectivity index (χ3v) is 4.56. The third kappa shape index (κ3) is 3.62. The van der Waals surface area contributed by atoms with Gasteiger partial charge in [-0.3, -0.25) is 14.4 Å². The van der Waals surface area contributed by atoms with E-state index in [4.69, 9.17) is 9.47 Å². The number of hydrogen-bond donors (Lipinski definition) is 0. The third-order valence-electron chi connectivity index (χ3n) is 4.56. The molecule has 1 fully saturated rings. The van der Waals surface area contributed by atoms with Crippen LogP contribution in [-0.4, -0.2) is 66.5 Å². The van der Waals surface area contributed by atoms with E-state index in [0.717, 1.165) is 5.56 Å². The molecule has 0 aliphatic carbocycles. The number of morpholine rings is 1. The second-order valence-electron chi connectivity index (χ2n) is 6.27. The maximum Gasteiger partial charge on any atom is 0.308 e. The van der Waals surface area contributed by atoms with E-state index in [0.29, 0.717) is 37.6 Å². The minimum Gasteiger partial charge on any atom is -0.452 e. The van der Waals surface area contributed by atoms with Gasteiger partial charge >= 0.3 is 5.97 Å². The first kappa shape index (κ1) is 18.1. The Labute approximate surface area is 152 Å². The lowest BCUT2D eigenvalue weighted by Gasteiger charge is -2.29. The number of carbonyl (C=O) groups excluding carboxylic acids is 3. The Kier molecular flexibility index (Phi) is 5.37. The van der Waals surface area contributed by atoms with E-state index >= 15 is 0 Å². The molecule has 3 rings (SSSR count). The summed E-state index contributed by atoms with van der Waals surface area (Å²) >= 11 is 0. The molecule has 1 atom stereocenters. The van der Waals surface area contributed by atoms with Crippen LogP contribution in [0.2, 0.25) is 0 Å². The van der Waals surface area contributed by atoms with E-state index in [-0.39, 0.29) is 24.8 Å². The smallest absolute Gasteiger partial charge is 0.308 e. The summed E-state index contributed by atoms with van der Waals surface area (Å²) in [5.41, 5.74) is 1.94. The van der Waals surface area contributed by atoms with Crippen LogP contribution in [0.3, 0.4) is 0 Å². The van der Waals surface area contributed by atoms with Crippen molar-refractivity contribution in [1.82, 2.24) is 9.80 Å². The lowest BCUT2D eigenvalue weighted by atomic mass is 10.1. The van der Waals surface area contributed by atoms with Gasteiger partial charge in [-0.15, -0.1) is 0 Å². The Balaban J connectivity index is 1.51. The van der Waals surface area contributed by atoms with Gasteiger partial charge in [-0.05, 0) is 13.0 Å². The van der Waals surface area contributed by atoms with Crippen LogP contribution in [0.1, 0.15) is 29.3 Å². The molecular formula is C19H22N2O5. The highest BCUT2D eigenvalue weighted by molar-refractivity contribution is 6.08. The molecule has 0 bridgehead atoms. The highest BCUT2D eigenvalue weighted by atomic mass is 16.5. The van der Waals surface area contributed by atoms with Crippen LogP contribution < -0.4 is 0 Å². The number of nitrogens with zero attached hydrogens (tertiary/aromatic N) is 2. The number of ether oxygens (including phenoxy) is 2. The van der Waals surface area contributed by atoms with Crippen molar-refractivity contribution in [2.45, 2.75) is 19.4 Å². The number of rotatable bonds is 5. The maximum atomic E-state index is 12.4. The van der Waals surface area contributed by atoms with Gasteiger partial charge in [0.15, 0.2) is 6.10 Å². The van der Waals surface area contributed by atoms with Crippen LogP contribution in [0.5, 0.6) is 0 Å². The van der Waals surface area contributed by atoms with Crippen molar-refractivity contribution in [2.75, 3.05) is 32.8 Å². The molecule has 2 amide bonds. The topological polar surface area (TPSA) is 76.2 Å². The summed E-state index contributed by atoms with van der Waals surface area (Å²) in [5.74, 6) is -0.915. The van der Waals surface area contributed by atoms with E-state index < -0.39 is 12.1 Å². The first-order valence-electron chi connectivity index (χ1n) is 8.65. The van der Waals surface area contributed by atoms with Gasteiger partial charge in [0.2, 0.25) is 0 Å². The van der Waals surface area contributed by atoms with E-state index in [1.807, 2.05) is 12.1 Å². The van der Waals surface area contributed by atoms with Crippen LogP contribution in [-0.2, 0) is 19.1 Å². The van der Waals surface area contributed by atoms with Gasteiger partial charge in [0.05, 0.1) is 19.6 Å². The van der Waals surface area contributed by atoms with Crippen molar-refractivity contribution in [3.05, 3.63) is 42.0 Å². The fourth-order valence-electron chi connectivity index (χ4n) is 3.12. The van der Waals surface area contributed by atoms with Crippen molar-refractivity contribution in [1.29, 1.82) is 0 Å². The molecule has 2 heterocycles. The molecule has 7 heteroatoms. The van der Waals surface area contributed by atoms with Gasteiger partial charge in [-0.1, -0.05) is 24.8 Å². The van der Waals surface area contributed by atoms with Crippen molar-refractivity contribution < 1.29 is 23.9 Å². The van der Waals surface area contributed by atoms with Crippen LogP contribution in [0, 0.1) is 0 Å². The van der Waals surface area contributed by atoms with Gasteiger partial charge in [-0.2, -0.15) is 0 Å². The van der Waals surface area contributed by atoms with Gasteiger partial charge < -0.3 is 19.3 Å². The summed E-state index contributed by atoms with van der Waals surface area (Å²) in [4.78, 5) is 39.9. The summed E-state index contributed by atoms with van der Waals surface area (Å²) < 4.78 is 10.4. The molecule has 0 N–H and O–H groups in total. The molecule has 26 heavy (non-hydrogen) atoms. The zero-order valence-corrected chi connectivity index (χ0v) is 14.8. The van der Waals surface area contributed by atoms with Crippen LogP contribution in [0.4, 0.5) is 0 Å².